The predicted molar refractivity (Wildman–Crippen MR) is 95.8 cm³/mol. The Morgan fingerprint density at radius 3 is 1.09 bits per heavy atom. The quantitative estimate of drug-likeness (QED) is 0.380. The average Bonchev–Trinajstić information content (AvgIpc) is 2.53. The Kier molecular flexibility index (Phi) is 14.7. The molecule has 0 aromatic rings. The van der Waals surface area contributed by atoms with Crippen LogP contribution in [0.2, 0.25) is 0 Å². The maximum Gasteiger partial charge on any atom is 0.577 e. The molecule has 0 rings (SSSR count). The summed E-state index contributed by atoms with van der Waals surface area (Å²) in [5, 5.41) is 0. The van der Waals surface area contributed by atoms with E-state index < -0.39 is 9.53 Å². The minimum absolute atomic E-state index is 0.712. The Hall–Kier alpha value is 0.0969. The molecule has 0 saturated heterocycles. The highest BCUT2D eigenvalue weighted by atomic mass is 28.3. The summed E-state index contributed by atoms with van der Waals surface area (Å²) >= 11 is 0. The highest BCUT2D eigenvalue weighted by Gasteiger charge is 2.20. The largest absolute Gasteiger partial charge is 0.577 e. The summed E-state index contributed by atoms with van der Waals surface area (Å²) in [6.07, 6.45) is 6.88. The van der Waals surface area contributed by atoms with Gasteiger partial charge in [0.2, 0.25) is 0 Å². The van der Waals surface area contributed by atoms with Crippen LogP contribution in [0.25, 0.3) is 0 Å². The molecule has 0 saturated carbocycles. The second-order valence-electron chi connectivity index (χ2n) is 6.70. The summed E-state index contributed by atoms with van der Waals surface area (Å²) in [4.78, 5) is 0. The van der Waals surface area contributed by atoms with Crippen molar-refractivity contribution in [2.45, 2.75) is 80.1 Å². The van der Waals surface area contributed by atoms with Crippen molar-refractivity contribution in [3.8, 4) is 0 Å². The van der Waals surface area contributed by atoms with Crippen LogP contribution in [0.5, 0.6) is 0 Å². The molecule has 22 heavy (non-hydrogen) atoms. The molecule has 0 aliphatic heterocycles. The first kappa shape index (κ1) is 22.1. The fourth-order valence-corrected chi connectivity index (χ4v) is 2.87. The zero-order chi connectivity index (χ0) is 16.8. The van der Waals surface area contributed by atoms with E-state index in [2.05, 4.69) is 41.5 Å². The molecule has 3 atom stereocenters. The summed E-state index contributed by atoms with van der Waals surface area (Å²) in [5.41, 5.74) is 0. The summed E-state index contributed by atoms with van der Waals surface area (Å²) in [7, 11) is -1.56. The van der Waals surface area contributed by atoms with Crippen molar-refractivity contribution < 1.29 is 13.3 Å². The zero-order valence-corrected chi connectivity index (χ0v) is 16.8. The van der Waals surface area contributed by atoms with Crippen LogP contribution in [0.3, 0.4) is 0 Å². The van der Waals surface area contributed by atoms with Gasteiger partial charge in [0.25, 0.3) is 0 Å². The maximum absolute atomic E-state index is 5.90. The van der Waals surface area contributed by atoms with E-state index >= 15 is 0 Å². The monoisotopic (exact) mass is 331 g/mol. The smallest absolute Gasteiger partial charge is 0.371 e. The van der Waals surface area contributed by atoms with Gasteiger partial charge in [0.15, 0.2) is 0 Å². The predicted octanol–water partition coefficient (Wildman–Crippen LogP) is 5.33. The molecule has 0 aliphatic carbocycles. The van der Waals surface area contributed by atoms with Crippen molar-refractivity contribution in [3.05, 3.63) is 0 Å². The van der Waals surface area contributed by atoms with Gasteiger partial charge in [-0.05, 0) is 37.0 Å². The lowest BCUT2D eigenvalue weighted by molar-refractivity contribution is 0.0806. The normalized spacial score (nSPS) is 16.0. The molecule has 1 radical (unpaired) electrons. The van der Waals surface area contributed by atoms with Crippen LogP contribution < -0.4 is 0 Å². The highest BCUT2D eigenvalue weighted by molar-refractivity contribution is 6.36. The lowest BCUT2D eigenvalue weighted by Crippen LogP contribution is -2.29. The molecule has 0 aromatic carbocycles. The van der Waals surface area contributed by atoms with E-state index in [1.165, 1.54) is 19.3 Å². The van der Waals surface area contributed by atoms with Crippen LogP contribution >= 0.6 is 0 Å². The van der Waals surface area contributed by atoms with Crippen LogP contribution in [0.15, 0.2) is 0 Å². The van der Waals surface area contributed by atoms with Gasteiger partial charge in [-0.2, -0.15) is 0 Å². The lowest BCUT2D eigenvalue weighted by Gasteiger charge is -2.18. The zero-order valence-electron chi connectivity index (χ0n) is 15.8. The van der Waals surface area contributed by atoms with E-state index in [9.17, 15) is 0 Å². The van der Waals surface area contributed by atoms with Crippen molar-refractivity contribution in [2.24, 2.45) is 17.8 Å². The molecule has 0 amide bonds. The van der Waals surface area contributed by atoms with Crippen LogP contribution in [0.1, 0.15) is 80.1 Å². The second-order valence-corrected chi connectivity index (χ2v) is 8.07. The van der Waals surface area contributed by atoms with Gasteiger partial charge in [0.1, 0.15) is 0 Å². The fourth-order valence-electron chi connectivity index (χ4n) is 1.77. The number of hydrogen-bond acceptors (Lipinski definition) is 3. The molecule has 0 fully saturated rings. The topological polar surface area (TPSA) is 27.7 Å². The van der Waals surface area contributed by atoms with Crippen LogP contribution in [-0.2, 0) is 13.3 Å². The molecule has 133 valence electrons. The molecular weight excluding hydrogens is 292 g/mol. The number of hydrogen-bond donors (Lipinski definition) is 0. The van der Waals surface area contributed by atoms with E-state index in [1.54, 1.807) is 0 Å². The fraction of sp³-hybridized carbons (Fsp3) is 1.00. The second kappa shape index (κ2) is 14.7. The van der Waals surface area contributed by atoms with Gasteiger partial charge in [-0.15, -0.1) is 0 Å². The first-order valence-corrected chi connectivity index (χ1v) is 10.5. The molecule has 0 aromatic heterocycles. The van der Waals surface area contributed by atoms with E-state index in [0.717, 1.165) is 39.1 Å². The first-order valence-electron chi connectivity index (χ1n) is 9.28. The third-order valence-electron chi connectivity index (χ3n) is 4.58. The standard InChI is InChI=1S/C18H39O3Si/c1-7-16(4)10-13-19-22(20-14-11-17(5)8-2)21-15-12-18(6)9-3/h16-18H,7-15H2,1-6H3. The van der Waals surface area contributed by atoms with Crippen molar-refractivity contribution in [1.82, 2.24) is 0 Å². The average molecular weight is 332 g/mol. The van der Waals surface area contributed by atoms with Gasteiger partial charge in [-0.25, -0.2) is 0 Å². The third-order valence-corrected chi connectivity index (χ3v) is 5.90. The van der Waals surface area contributed by atoms with Crippen LogP contribution in [0.4, 0.5) is 0 Å². The van der Waals surface area contributed by atoms with Crippen molar-refractivity contribution >= 4 is 9.53 Å². The maximum atomic E-state index is 5.90. The van der Waals surface area contributed by atoms with Crippen molar-refractivity contribution in [1.29, 1.82) is 0 Å². The van der Waals surface area contributed by atoms with Crippen molar-refractivity contribution in [3.63, 3.8) is 0 Å². The Morgan fingerprint density at radius 2 is 0.864 bits per heavy atom. The Balaban J connectivity index is 4.01. The van der Waals surface area contributed by atoms with Gasteiger partial charge in [0, 0.05) is 19.8 Å². The number of rotatable bonds is 15. The Bertz CT molecular complexity index is 200. The van der Waals surface area contributed by atoms with Crippen LogP contribution in [0, 0.1) is 17.8 Å². The van der Waals surface area contributed by atoms with E-state index in [1.807, 2.05) is 0 Å². The van der Waals surface area contributed by atoms with Gasteiger partial charge < -0.3 is 13.3 Å². The minimum Gasteiger partial charge on any atom is -0.371 e. The molecule has 0 heterocycles. The Morgan fingerprint density at radius 1 is 0.591 bits per heavy atom. The molecular formula is C18H39O3Si. The molecule has 4 heteroatoms. The molecule has 0 aliphatic rings. The molecule has 3 nitrogen and oxygen atoms in total. The molecule has 0 spiro atoms. The van der Waals surface area contributed by atoms with E-state index in [0.29, 0.717) is 17.8 Å². The SMILES string of the molecule is CCC(C)CCO[Si](OCCC(C)CC)OCCC(C)CC. The summed E-state index contributed by atoms with van der Waals surface area (Å²) in [6.45, 7) is 15.8. The summed E-state index contributed by atoms with van der Waals surface area (Å²) < 4.78 is 17.7. The van der Waals surface area contributed by atoms with Crippen molar-refractivity contribution in [2.75, 3.05) is 19.8 Å². The van der Waals surface area contributed by atoms with Gasteiger partial charge >= 0.3 is 9.53 Å². The van der Waals surface area contributed by atoms with Gasteiger partial charge in [-0.3, -0.25) is 0 Å². The van der Waals surface area contributed by atoms with E-state index in [-0.39, 0.29) is 0 Å². The lowest BCUT2D eigenvalue weighted by atomic mass is 10.1. The third kappa shape index (κ3) is 12.6. The highest BCUT2D eigenvalue weighted by Crippen LogP contribution is 2.11. The summed E-state index contributed by atoms with van der Waals surface area (Å²) in [6, 6.07) is 0. The van der Waals surface area contributed by atoms with Gasteiger partial charge in [0.05, 0.1) is 0 Å². The Labute approximate surface area is 141 Å². The van der Waals surface area contributed by atoms with E-state index in [4.69, 9.17) is 13.3 Å². The van der Waals surface area contributed by atoms with Crippen LogP contribution in [-0.4, -0.2) is 29.3 Å². The first-order chi connectivity index (χ1) is 10.5. The van der Waals surface area contributed by atoms with Gasteiger partial charge in [-0.1, -0.05) is 60.8 Å². The minimum atomic E-state index is -1.56. The molecule has 3 unspecified atom stereocenters. The summed E-state index contributed by atoms with van der Waals surface area (Å²) in [5.74, 6) is 2.13. The molecule has 0 N–H and O–H groups in total. The molecule has 0 bridgehead atoms.